The largest absolute Gasteiger partial charge is 0.308 e. The van der Waals surface area contributed by atoms with Gasteiger partial charge in [0.1, 0.15) is 0 Å². The lowest BCUT2D eigenvalue weighted by Gasteiger charge is -2.43. The Bertz CT molecular complexity index is 327. The van der Waals surface area contributed by atoms with Crippen molar-refractivity contribution in [3.05, 3.63) is 35.9 Å². The first-order valence-electron chi connectivity index (χ1n) is 6.43. The highest BCUT2D eigenvalue weighted by Gasteiger charge is 2.33. The molecule has 1 aliphatic rings. The molecule has 1 saturated carbocycles. The Morgan fingerprint density at radius 3 is 2.25 bits per heavy atom. The zero-order chi connectivity index (χ0) is 11.6. The fourth-order valence-corrected chi connectivity index (χ4v) is 2.57. The van der Waals surface area contributed by atoms with E-state index in [1.807, 2.05) is 0 Å². The van der Waals surface area contributed by atoms with Crippen LogP contribution in [0.5, 0.6) is 0 Å². The van der Waals surface area contributed by atoms with Crippen molar-refractivity contribution in [1.29, 1.82) is 0 Å². The van der Waals surface area contributed by atoms with Crippen LogP contribution < -0.4 is 5.32 Å². The molecule has 1 N–H and O–H groups in total. The minimum Gasteiger partial charge on any atom is -0.308 e. The van der Waals surface area contributed by atoms with Crippen molar-refractivity contribution >= 4 is 0 Å². The molecule has 1 heteroatoms. The molecule has 16 heavy (non-hydrogen) atoms. The van der Waals surface area contributed by atoms with E-state index in [0.717, 1.165) is 0 Å². The van der Waals surface area contributed by atoms with Gasteiger partial charge in [-0.3, -0.25) is 0 Å². The predicted molar refractivity (Wildman–Crippen MR) is 69.7 cm³/mol. The van der Waals surface area contributed by atoms with Crippen molar-refractivity contribution in [3.8, 4) is 0 Å². The molecule has 0 bridgehead atoms. The standard InChI is InChI=1S/C15H23N/c1-12(14-8-5-4-6-9-14)13(2)16-15(3)10-7-11-15/h4-6,8-9,12-13,16H,7,10-11H2,1-3H3. The van der Waals surface area contributed by atoms with Crippen LogP contribution in [-0.2, 0) is 0 Å². The molecule has 0 amide bonds. The number of benzene rings is 1. The van der Waals surface area contributed by atoms with Gasteiger partial charge in [0.2, 0.25) is 0 Å². The Morgan fingerprint density at radius 2 is 1.75 bits per heavy atom. The van der Waals surface area contributed by atoms with Crippen LogP contribution in [0.1, 0.15) is 51.5 Å². The van der Waals surface area contributed by atoms with Gasteiger partial charge in [0.15, 0.2) is 0 Å². The highest BCUT2D eigenvalue weighted by atomic mass is 15.0. The van der Waals surface area contributed by atoms with Gasteiger partial charge in [-0.1, -0.05) is 37.3 Å². The van der Waals surface area contributed by atoms with E-state index in [2.05, 4.69) is 56.4 Å². The third-order valence-corrected chi connectivity index (χ3v) is 4.11. The molecule has 1 nitrogen and oxygen atoms in total. The second-order valence-corrected chi connectivity index (χ2v) is 5.55. The Labute approximate surface area is 99.3 Å². The Kier molecular flexibility index (Phi) is 3.34. The molecular formula is C15H23N. The second-order valence-electron chi connectivity index (χ2n) is 5.55. The molecule has 2 rings (SSSR count). The highest BCUT2D eigenvalue weighted by molar-refractivity contribution is 5.20. The summed E-state index contributed by atoms with van der Waals surface area (Å²) in [4.78, 5) is 0. The molecule has 0 heterocycles. The van der Waals surface area contributed by atoms with Crippen LogP contribution in [0.2, 0.25) is 0 Å². The van der Waals surface area contributed by atoms with Gasteiger partial charge in [0.25, 0.3) is 0 Å². The number of nitrogens with one attached hydrogen (secondary N) is 1. The maximum absolute atomic E-state index is 3.79. The summed E-state index contributed by atoms with van der Waals surface area (Å²) < 4.78 is 0. The van der Waals surface area contributed by atoms with E-state index in [1.54, 1.807) is 0 Å². The molecule has 1 aromatic carbocycles. The minimum atomic E-state index is 0.405. The lowest BCUT2D eigenvalue weighted by atomic mass is 9.77. The first kappa shape index (κ1) is 11.7. The van der Waals surface area contributed by atoms with Gasteiger partial charge >= 0.3 is 0 Å². The Balaban J connectivity index is 1.96. The van der Waals surface area contributed by atoms with Gasteiger partial charge in [-0.15, -0.1) is 0 Å². The summed E-state index contributed by atoms with van der Waals surface area (Å²) in [6, 6.07) is 11.3. The van der Waals surface area contributed by atoms with Crippen molar-refractivity contribution in [2.75, 3.05) is 0 Å². The predicted octanol–water partition coefficient (Wildman–Crippen LogP) is 3.71. The Hall–Kier alpha value is -0.820. The average Bonchev–Trinajstić information content (AvgIpc) is 2.27. The first-order valence-corrected chi connectivity index (χ1v) is 6.43. The van der Waals surface area contributed by atoms with Crippen molar-refractivity contribution in [2.45, 2.75) is 57.5 Å². The molecule has 1 fully saturated rings. The van der Waals surface area contributed by atoms with Gasteiger partial charge < -0.3 is 5.32 Å². The second kappa shape index (κ2) is 4.58. The maximum atomic E-state index is 3.79. The number of hydrogen-bond donors (Lipinski definition) is 1. The summed E-state index contributed by atoms with van der Waals surface area (Å²) in [6.07, 6.45) is 4.05. The number of hydrogen-bond acceptors (Lipinski definition) is 1. The third kappa shape index (κ3) is 2.46. The summed E-state index contributed by atoms with van der Waals surface area (Å²) in [6.45, 7) is 6.97. The molecule has 0 saturated heterocycles. The van der Waals surface area contributed by atoms with Crippen LogP contribution in [0.3, 0.4) is 0 Å². The van der Waals surface area contributed by atoms with Crippen LogP contribution in [0.25, 0.3) is 0 Å². The molecule has 2 atom stereocenters. The lowest BCUT2D eigenvalue weighted by Crippen LogP contribution is -2.53. The van der Waals surface area contributed by atoms with Crippen molar-refractivity contribution in [3.63, 3.8) is 0 Å². The number of rotatable bonds is 4. The van der Waals surface area contributed by atoms with E-state index in [-0.39, 0.29) is 0 Å². The Morgan fingerprint density at radius 1 is 1.12 bits per heavy atom. The fraction of sp³-hybridized carbons (Fsp3) is 0.600. The molecule has 1 aliphatic carbocycles. The molecule has 0 aliphatic heterocycles. The van der Waals surface area contributed by atoms with E-state index in [0.29, 0.717) is 17.5 Å². The maximum Gasteiger partial charge on any atom is 0.0156 e. The average molecular weight is 217 g/mol. The summed E-state index contributed by atoms with van der Waals surface area (Å²) in [5.74, 6) is 0.582. The monoisotopic (exact) mass is 217 g/mol. The normalized spacial score (nSPS) is 22.2. The SMILES string of the molecule is CC(NC1(C)CCC1)C(C)c1ccccc1. The van der Waals surface area contributed by atoms with E-state index in [4.69, 9.17) is 0 Å². The zero-order valence-corrected chi connectivity index (χ0v) is 10.7. The molecule has 2 unspecified atom stereocenters. The van der Waals surface area contributed by atoms with Gasteiger partial charge in [-0.2, -0.15) is 0 Å². The lowest BCUT2D eigenvalue weighted by molar-refractivity contribution is 0.181. The van der Waals surface area contributed by atoms with Crippen LogP contribution >= 0.6 is 0 Å². The van der Waals surface area contributed by atoms with Crippen molar-refractivity contribution < 1.29 is 0 Å². The van der Waals surface area contributed by atoms with E-state index < -0.39 is 0 Å². The van der Waals surface area contributed by atoms with E-state index >= 15 is 0 Å². The molecule has 0 radical (unpaired) electrons. The summed E-state index contributed by atoms with van der Waals surface area (Å²) in [7, 11) is 0. The van der Waals surface area contributed by atoms with Gasteiger partial charge in [-0.25, -0.2) is 0 Å². The smallest absolute Gasteiger partial charge is 0.0156 e. The minimum absolute atomic E-state index is 0.405. The van der Waals surface area contributed by atoms with Gasteiger partial charge in [-0.05, 0) is 44.6 Å². The third-order valence-electron chi connectivity index (χ3n) is 4.11. The molecule has 0 spiro atoms. The van der Waals surface area contributed by atoms with Crippen LogP contribution in [0, 0.1) is 0 Å². The summed E-state index contributed by atoms with van der Waals surface area (Å²) >= 11 is 0. The molecule has 88 valence electrons. The van der Waals surface area contributed by atoms with E-state index in [9.17, 15) is 0 Å². The summed E-state index contributed by atoms with van der Waals surface area (Å²) in [5.41, 5.74) is 1.84. The topological polar surface area (TPSA) is 12.0 Å². The quantitative estimate of drug-likeness (QED) is 0.810. The summed E-state index contributed by atoms with van der Waals surface area (Å²) in [5, 5.41) is 3.79. The highest BCUT2D eigenvalue weighted by Crippen LogP contribution is 2.33. The zero-order valence-electron chi connectivity index (χ0n) is 10.7. The van der Waals surface area contributed by atoms with Crippen molar-refractivity contribution in [2.24, 2.45) is 0 Å². The van der Waals surface area contributed by atoms with Crippen LogP contribution in [-0.4, -0.2) is 11.6 Å². The fourth-order valence-electron chi connectivity index (χ4n) is 2.57. The molecule has 0 aromatic heterocycles. The van der Waals surface area contributed by atoms with Crippen molar-refractivity contribution in [1.82, 2.24) is 5.32 Å². The molecule has 1 aromatic rings. The van der Waals surface area contributed by atoms with Gasteiger partial charge in [0.05, 0.1) is 0 Å². The van der Waals surface area contributed by atoms with Crippen LogP contribution in [0.15, 0.2) is 30.3 Å². The van der Waals surface area contributed by atoms with Gasteiger partial charge in [0, 0.05) is 11.6 Å². The molecular weight excluding hydrogens is 194 g/mol. The van der Waals surface area contributed by atoms with E-state index in [1.165, 1.54) is 24.8 Å². The first-order chi connectivity index (χ1) is 7.61. The van der Waals surface area contributed by atoms with Crippen LogP contribution in [0.4, 0.5) is 0 Å².